The fraction of sp³-hybridized carbons (Fsp3) is 0.500. The molecule has 0 radical (unpaired) electrons. The van der Waals surface area contributed by atoms with Crippen molar-refractivity contribution in [3.05, 3.63) is 47.5 Å². The molecule has 24 heteroatoms. The van der Waals surface area contributed by atoms with Crippen LogP contribution in [0, 0.1) is 0 Å². The number of amidine groups is 3. The van der Waals surface area contributed by atoms with Crippen LogP contribution in [0.4, 0.5) is 0 Å². The molecule has 0 spiro atoms. The number of benzene rings is 1. The van der Waals surface area contributed by atoms with Gasteiger partial charge in [-0.25, -0.2) is 17.5 Å². The van der Waals surface area contributed by atoms with Crippen molar-refractivity contribution >= 4 is 17.5 Å². The Hall–Kier alpha value is -5.11. The van der Waals surface area contributed by atoms with E-state index >= 15 is 0 Å². The van der Waals surface area contributed by atoms with Gasteiger partial charge in [-0.1, -0.05) is 40.8 Å². The Bertz CT molecular complexity index is 1300. The molecule has 17 N–H and O–H groups in total. The molecule has 3 aromatic rings. The van der Waals surface area contributed by atoms with Crippen LogP contribution in [-0.4, -0.2) is 126 Å². The van der Waals surface area contributed by atoms with Gasteiger partial charge in [-0.2, -0.15) is 25.7 Å². The summed E-state index contributed by atoms with van der Waals surface area (Å²) in [6.45, 7) is 3.61. The molecule has 0 saturated carbocycles. The zero-order valence-corrected chi connectivity index (χ0v) is 25.3. The number of aromatic nitrogens is 8. The van der Waals surface area contributed by atoms with Crippen molar-refractivity contribution in [2.45, 2.75) is 19.2 Å². The lowest BCUT2D eigenvalue weighted by Crippen LogP contribution is -2.50. The SMILES string of the molecule is N/N=C(/CN(CCN(C/C(=N/N)NN)Cc1nn[nH]n1)CCN(C/C(=N/N)NN)C(COCc1ccccc1)c1nn[nH]n1)NN. The molecular weight excluding hydrogens is 602 g/mol. The first kappa shape index (κ1) is 35.4. The first-order chi connectivity index (χ1) is 22.5. The van der Waals surface area contributed by atoms with E-state index in [2.05, 4.69) is 77.7 Å². The predicted molar refractivity (Wildman–Crippen MR) is 167 cm³/mol. The molecule has 1 unspecified atom stereocenters. The molecule has 24 nitrogen and oxygen atoms in total. The number of hydrazine groups is 3. The number of hydrogen-bond donors (Lipinski definition) is 11. The molecule has 0 saturated heterocycles. The Balaban J connectivity index is 1.80. The van der Waals surface area contributed by atoms with Crippen LogP contribution in [0.25, 0.3) is 0 Å². The van der Waals surface area contributed by atoms with Crippen molar-refractivity contribution in [3.63, 3.8) is 0 Å². The second-order valence-electron chi connectivity index (χ2n) is 9.73. The third-order valence-corrected chi connectivity index (χ3v) is 6.74. The van der Waals surface area contributed by atoms with Crippen molar-refractivity contribution < 1.29 is 4.74 Å². The number of hydrazone groups is 3. The Morgan fingerprint density at radius 3 is 1.93 bits per heavy atom. The monoisotopic (exact) mass is 645 g/mol. The van der Waals surface area contributed by atoms with Gasteiger partial charge in [0.2, 0.25) is 0 Å². The Labute approximate surface area is 264 Å². The van der Waals surface area contributed by atoms with Gasteiger partial charge >= 0.3 is 0 Å². The van der Waals surface area contributed by atoms with Crippen LogP contribution < -0.4 is 51.3 Å². The van der Waals surface area contributed by atoms with E-state index in [0.717, 1.165) is 5.56 Å². The van der Waals surface area contributed by atoms with Gasteiger partial charge in [0, 0.05) is 26.2 Å². The summed E-state index contributed by atoms with van der Waals surface area (Å²) in [6, 6.07) is 9.33. The zero-order chi connectivity index (χ0) is 33.0. The molecule has 0 fully saturated rings. The van der Waals surface area contributed by atoms with Gasteiger partial charge in [-0.15, -0.1) is 20.4 Å². The van der Waals surface area contributed by atoms with E-state index in [0.29, 0.717) is 68.5 Å². The minimum absolute atomic E-state index is 0.212. The van der Waals surface area contributed by atoms with E-state index in [1.54, 1.807) is 0 Å². The summed E-state index contributed by atoms with van der Waals surface area (Å²) < 4.78 is 6.10. The van der Waals surface area contributed by atoms with E-state index in [-0.39, 0.29) is 26.2 Å². The molecule has 3 rings (SSSR count). The lowest BCUT2D eigenvalue weighted by atomic mass is 10.2. The molecule has 0 aliphatic rings. The molecule has 2 aromatic heterocycles. The summed E-state index contributed by atoms with van der Waals surface area (Å²) in [5.74, 6) is 35.5. The van der Waals surface area contributed by atoms with Crippen molar-refractivity contribution in [2.75, 3.05) is 52.4 Å². The standard InChI is InChI=1S/C22H43N23O/c23-29-18(30-24)10-43(6-7-44(11-19(31-25)32-26)12-21-35-39-40-36-21)8-9-45(13-20(33-27)34-28)17(22-37-41-42-38-22)15-46-14-16-4-2-1-3-5-16/h1-5,17H,6-15,23-28H2,(H,29,30)(H,31,32)(H,33,34)(H,35,36,39,40)(H,37,38,41,42). The van der Waals surface area contributed by atoms with Crippen LogP contribution in [0.5, 0.6) is 0 Å². The number of aromatic amines is 2. The van der Waals surface area contributed by atoms with E-state index in [4.69, 9.17) is 39.8 Å². The molecule has 252 valence electrons. The van der Waals surface area contributed by atoms with E-state index < -0.39 is 6.04 Å². The van der Waals surface area contributed by atoms with Crippen molar-refractivity contribution in [1.82, 2.24) is 72.2 Å². The molecule has 0 aliphatic heterocycles. The maximum Gasteiger partial charge on any atom is 0.193 e. The third-order valence-electron chi connectivity index (χ3n) is 6.74. The van der Waals surface area contributed by atoms with Gasteiger partial charge < -0.3 is 38.5 Å². The highest BCUT2D eigenvalue weighted by Gasteiger charge is 2.27. The minimum Gasteiger partial charge on any atom is -0.375 e. The molecule has 2 heterocycles. The van der Waals surface area contributed by atoms with Crippen LogP contribution in [0.15, 0.2) is 45.6 Å². The van der Waals surface area contributed by atoms with Crippen molar-refractivity contribution in [2.24, 2.45) is 50.4 Å². The van der Waals surface area contributed by atoms with E-state index in [1.165, 1.54) is 0 Å². The van der Waals surface area contributed by atoms with Crippen molar-refractivity contribution in [3.8, 4) is 0 Å². The van der Waals surface area contributed by atoms with Gasteiger partial charge in [-0.05, 0) is 5.56 Å². The van der Waals surface area contributed by atoms with Crippen LogP contribution in [0.2, 0.25) is 0 Å². The summed E-state index contributed by atoms with van der Waals surface area (Å²) in [5, 5.41) is 40.1. The molecule has 0 aliphatic carbocycles. The first-order valence-corrected chi connectivity index (χ1v) is 14.0. The van der Waals surface area contributed by atoms with Gasteiger partial charge in [0.1, 0.15) is 17.5 Å². The highest BCUT2D eigenvalue weighted by atomic mass is 16.5. The van der Waals surface area contributed by atoms with Crippen LogP contribution in [0.3, 0.4) is 0 Å². The summed E-state index contributed by atoms with van der Waals surface area (Å²) in [5.41, 5.74) is 8.57. The fourth-order valence-electron chi connectivity index (χ4n) is 4.33. The highest BCUT2D eigenvalue weighted by Crippen LogP contribution is 2.18. The molecule has 46 heavy (non-hydrogen) atoms. The summed E-state index contributed by atoms with van der Waals surface area (Å²) in [7, 11) is 0. The Kier molecular flexibility index (Phi) is 15.4. The van der Waals surface area contributed by atoms with Gasteiger partial charge in [0.05, 0.1) is 45.4 Å². The van der Waals surface area contributed by atoms with Gasteiger partial charge in [-0.3, -0.25) is 14.7 Å². The molecule has 1 atom stereocenters. The fourth-order valence-corrected chi connectivity index (χ4v) is 4.33. The van der Waals surface area contributed by atoms with Crippen LogP contribution >= 0.6 is 0 Å². The maximum atomic E-state index is 6.10. The second kappa shape index (κ2) is 20.0. The van der Waals surface area contributed by atoms with E-state index in [1.807, 2.05) is 40.1 Å². The minimum atomic E-state index is -0.460. The number of rotatable bonds is 20. The highest BCUT2D eigenvalue weighted by molar-refractivity contribution is 5.84. The van der Waals surface area contributed by atoms with Gasteiger partial charge in [0.15, 0.2) is 11.6 Å². The maximum absolute atomic E-state index is 6.10. The normalized spacial score (nSPS) is 13.5. The number of hydrogen-bond acceptors (Lipinski definition) is 19. The average Bonchev–Trinajstić information content (AvgIpc) is 3.82. The summed E-state index contributed by atoms with van der Waals surface area (Å²) in [6.07, 6.45) is 0. The molecular formula is C22H43N23O. The Morgan fingerprint density at radius 1 is 0.761 bits per heavy atom. The van der Waals surface area contributed by atoms with Crippen LogP contribution in [0.1, 0.15) is 23.3 Å². The third kappa shape index (κ3) is 11.8. The molecule has 0 amide bonds. The number of H-pyrrole nitrogens is 2. The number of tetrazole rings is 2. The average molecular weight is 646 g/mol. The number of nitrogens with one attached hydrogen (secondary N) is 5. The van der Waals surface area contributed by atoms with Crippen LogP contribution in [-0.2, 0) is 17.9 Å². The molecule has 1 aromatic carbocycles. The smallest absolute Gasteiger partial charge is 0.193 e. The zero-order valence-electron chi connectivity index (χ0n) is 25.3. The summed E-state index contributed by atoms with van der Waals surface area (Å²) in [4.78, 5) is 6.07. The summed E-state index contributed by atoms with van der Waals surface area (Å²) >= 11 is 0. The topological polar surface area (TPSA) is 357 Å². The number of ether oxygens (including phenoxy) is 1. The largest absolute Gasteiger partial charge is 0.375 e. The second-order valence-corrected chi connectivity index (χ2v) is 9.73. The lowest BCUT2D eigenvalue weighted by Gasteiger charge is -2.33. The van der Waals surface area contributed by atoms with Gasteiger partial charge in [0.25, 0.3) is 0 Å². The first-order valence-electron chi connectivity index (χ1n) is 14.0. The van der Waals surface area contributed by atoms with Crippen molar-refractivity contribution in [1.29, 1.82) is 0 Å². The quantitative estimate of drug-likeness (QED) is 0.0236. The lowest BCUT2D eigenvalue weighted by molar-refractivity contribution is 0.0478. The number of nitrogens with zero attached hydrogens (tertiary/aromatic N) is 12. The predicted octanol–water partition coefficient (Wildman–Crippen LogP) is -5.72. The van der Waals surface area contributed by atoms with E-state index in [9.17, 15) is 0 Å². The number of nitrogens with two attached hydrogens (primary N) is 6. The Morgan fingerprint density at radius 2 is 1.35 bits per heavy atom. The molecule has 0 bridgehead atoms.